The zero-order valence-corrected chi connectivity index (χ0v) is 11.0. The molecule has 0 spiro atoms. The first kappa shape index (κ1) is 12.8. The third kappa shape index (κ3) is 2.85. The number of nitriles is 1. The third-order valence-corrected chi connectivity index (χ3v) is 2.98. The van der Waals surface area contributed by atoms with E-state index in [9.17, 15) is 4.79 Å². The van der Waals surface area contributed by atoms with Gasteiger partial charge in [0.05, 0.1) is 17.9 Å². The zero-order chi connectivity index (χ0) is 14.7. The largest absolute Gasteiger partial charge is 0.464 e. The Labute approximate surface area is 120 Å². The lowest BCUT2D eigenvalue weighted by atomic mass is 10.2. The second-order valence-electron chi connectivity index (χ2n) is 4.44. The molecule has 102 valence electrons. The fourth-order valence-corrected chi connectivity index (χ4v) is 1.97. The number of nitrogens with one attached hydrogen (secondary N) is 2. The van der Waals surface area contributed by atoms with Crippen molar-refractivity contribution < 1.29 is 9.21 Å². The number of furan rings is 1. The molecular weight excluding hydrogens is 266 g/mol. The number of fused-ring (bicyclic) bond motifs is 1. The molecule has 0 saturated heterocycles. The molecule has 0 fully saturated rings. The normalized spacial score (nSPS) is 10.0. The number of carbonyl (C=O) groups excluding carboxylic acids is 1. The first-order valence-corrected chi connectivity index (χ1v) is 6.30. The van der Waals surface area contributed by atoms with Crippen LogP contribution in [0.15, 0.2) is 59.2 Å². The summed E-state index contributed by atoms with van der Waals surface area (Å²) >= 11 is 0. The Morgan fingerprint density at radius 1 is 1.00 bits per heavy atom. The van der Waals surface area contributed by atoms with E-state index in [0.29, 0.717) is 16.9 Å². The van der Waals surface area contributed by atoms with E-state index in [-0.39, 0.29) is 6.03 Å². The van der Waals surface area contributed by atoms with Crippen molar-refractivity contribution in [1.29, 1.82) is 5.26 Å². The van der Waals surface area contributed by atoms with Gasteiger partial charge >= 0.3 is 6.03 Å². The first-order chi connectivity index (χ1) is 10.2. The summed E-state index contributed by atoms with van der Waals surface area (Å²) in [7, 11) is 0. The van der Waals surface area contributed by atoms with Crippen molar-refractivity contribution in [1.82, 2.24) is 0 Å². The van der Waals surface area contributed by atoms with Crippen LogP contribution in [0.4, 0.5) is 16.2 Å². The Balaban J connectivity index is 1.69. The molecule has 0 unspecified atom stereocenters. The van der Waals surface area contributed by atoms with Crippen LogP contribution in [0.5, 0.6) is 0 Å². The number of anilines is 2. The van der Waals surface area contributed by atoms with Crippen molar-refractivity contribution in [2.75, 3.05) is 10.6 Å². The molecule has 3 rings (SSSR count). The molecule has 0 aliphatic carbocycles. The molecule has 0 atom stereocenters. The summed E-state index contributed by atoms with van der Waals surface area (Å²) in [6, 6.07) is 15.6. The Kier molecular flexibility index (Phi) is 3.27. The Hall–Kier alpha value is -3.26. The minimum atomic E-state index is -0.345. The second kappa shape index (κ2) is 5.39. The standard InChI is InChI=1S/C16H11N3O2/c17-10-11-1-3-13(4-2-11)18-16(20)19-14-5-6-15-12(9-14)7-8-21-15/h1-9H,(H2,18,19,20). The Bertz CT molecular complexity index is 829. The topological polar surface area (TPSA) is 78.1 Å². The van der Waals surface area contributed by atoms with E-state index < -0.39 is 0 Å². The summed E-state index contributed by atoms with van der Waals surface area (Å²) < 4.78 is 5.24. The molecule has 0 saturated carbocycles. The fourth-order valence-electron chi connectivity index (χ4n) is 1.97. The van der Waals surface area contributed by atoms with Crippen LogP contribution in [0.25, 0.3) is 11.0 Å². The average Bonchev–Trinajstić information content (AvgIpc) is 2.95. The highest BCUT2D eigenvalue weighted by molar-refractivity contribution is 6.00. The smallest absolute Gasteiger partial charge is 0.323 e. The van der Waals surface area contributed by atoms with E-state index in [1.54, 1.807) is 42.7 Å². The molecule has 0 aliphatic rings. The summed E-state index contributed by atoms with van der Waals surface area (Å²) in [6.45, 7) is 0. The first-order valence-electron chi connectivity index (χ1n) is 6.30. The number of nitrogens with zero attached hydrogens (tertiary/aromatic N) is 1. The van der Waals surface area contributed by atoms with Gasteiger partial charge in [-0.25, -0.2) is 4.79 Å². The molecule has 2 aromatic carbocycles. The van der Waals surface area contributed by atoms with Gasteiger partial charge < -0.3 is 15.1 Å². The van der Waals surface area contributed by atoms with E-state index in [0.717, 1.165) is 11.0 Å². The molecule has 2 amide bonds. The highest BCUT2D eigenvalue weighted by atomic mass is 16.3. The van der Waals surface area contributed by atoms with Crippen LogP contribution in [0.1, 0.15) is 5.56 Å². The maximum atomic E-state index is 11.9. The van der Waals surface area contributed by atoms with Gasteiger partial charge in [-0.2, -0.15) is 5.26 Å². The summed E-state index contributed by atoms with van der Waals surface area (Å²) in [6.07, 6.45) is 1.60. The van der Waals surface area contributed by atoms with Gasteiger partial charge in [0.2, 0.25) is 0 Å². The second-order valence-corrected chi connectivity index (χ2v) is 4.44. The molecule has 0 aliphatic heterocycles. The minimum Gasteiger partial charge on any atom is -0.464 e. The van der Waals surface area contributed by atoms with E-state index in [1.165, 1.54) is 0 Å². The van der Waals surface area contributed by atoms with Crippen LogP contribution in [0.3, 0.4) is 0 Å². The summed E-state index contributed by atoms with van der Waals surface area (Å²) in [5, 5.41) is 15.1. The highest BCUT2D eigenvalue weighted by Crippen LogP contribution is 2.20. The zero-order valence-electron chi connectivity index (χ0n) is 11.0. The quantitative estimate of drug-likeness (QED) is 0.744. The van der Waals surface area contributed by atoms with E-state index >= 15 is 0 Å². The van der Waals surface area contributed by atoms with Crippen LogP contribution in [-0.4, -0.2) is 6.03 Å². The number of rotatable bonds is 2. The van der Waals surface area contributed by atoms with Gasteiger partial charge in [0, 0.05) is 16.8 Å². The van der Waals surface area contributed by atoms with Crippen molar-refractivity contribution in [3.8, 4) is 6.07 Å². The highest BCUT2D eigenvalue weighted by Gasteiger charge is 2.04. The molecule has 5 heteroatoms. The predicted octanol–water partition coefficient (Wildman–Crippen LogP) is 3.95. The maximum Gasteiger partial charge on any atom is 0.323 e. The lowest BCUT2D eigenvalue weighted by Gasteiger charge is -2.07. The molecule has 5 nitrogen and oxygen atoms in total. The fraction of sp³-hybridized carbons (Fsp3) is 0. The number of urea groups is 1. The number of hydrogen-bond acceptors (Lipinski definition) is 3. The number of benzene rings is 2. The third-order valence-electron chi connectivity index (χ3n) is 2.98. The van der Waals surface area contributed by atoms with Crippen molar-refractivity contribution in [3.63, 3.8) is 0 Å². The van der Waals surface area contributed by atoms with Crippen molar-refractivity contribution in [3.05, 3.63) is 60.4 Å². The molecule has 21 heavy (non-hydrogen) atoms. The van der Waals surface area contributed by atoms with Gasteiger partial charge in [-0.05, 0) is 48.5 Å². The van der Waals surface area contributed by atoms with Crippen LogP contribution in [0, 0.1) is 11.3 Å². The lowest BCUT2D eigenvalue weighted by Crippen LogP contribution is -2.19. The molecule has 3 aromatic rings. The van der Waals surface area contributed by atoms with Crippen LogP contribution in [-0.2, 0) is 0 Å². The van der Waals surface area contributed by atoms with Gasteiger partial charge in [0.25, 0.3) is 0 Å². The van der Waals surface area contributed by atoms with Crippen molar-refractivity contribution in [2.45, 2.75) is 0 Å². The van der Waals surface area contributed by atoms with E-state index in [1.807, 2.05) is 18.2 Å². The predicted molar refractivity (Wildman–Crippen MR) is 80.0 cm³/mol. The van der Waals surface area contributed by atoms with Crippen molar-refractivity contribution in [2.24, 2.45) is 0 Å². The molecule has 0 bridgehead atoms. The maximum absolute atomic E-state index is 11.9. The Morgan fingerprint density at radius 2 is 1.71 bits per heavy atom. The molecule has 2 N–H and O–H groups in total. The van der Waals surface area contributed by atoms with Crippen LogP contribution < -0.4 is 10.6 Å². The van der Waals surface area contributed by atoms with Gasteiger partial charge in [0.1, 0.15) is 5.58 Å². The minimum absolute atomic E-state index is 0.345. The van der Waals surface area contributed by atoms with Crippen LogP contribution in [0.2, 0.25) is 0 Å². The van der Waals surface area contributed by atoms with Crippen molar-refractivity contribution >= 4 is 28.4 Å². The van der Waals surface area contributed by atoms with E-state index in [2.05, 4.69) is 10.6 Å². The molecule has 0 radical (unpaired) electrons. The van der Waals surface area contributed by atoms with E-state index in [4.69, 9.17) is 9.68 Å². The average molecular weight is 277 g/mol. The molecule has 1 heterocycles. The number of carbonyl (C=O) groups is 1. The summed E-state index contributed by atoms with van der Waals surface area (Å²) in [4.78, 5) is 11.9. The number of amides is 2. The van der Waals surface area contributed by atoms with Gasteiger partial charge in [-0.3, -0.25) is 0 Å². The van der Waals surface area contributed by atoms with Crippen LogP contribution >= 0.6 is 0 Å². The lowest BCUT2D eigenvalue weighted by molar-refractivity contribution is 0.262. The van der Waals surface area contributed by atoms with Gasteiger partial charge in [-0.15, -0.1) is 0 Å². The Morgan fingerprint density at radius 3 is 2.48 bits per heavy atom. The number of hydrogen-bond donors (Lipinski definition) is 2. The monoisotopic (exact) mass is 277 g/mol. The molecule has 1 aromatic heterocycles. The van der Waals surface area contributed by atoms with Gasteiger partial charge in [-0.1, -0.05) is 0 Å². The SMILES string of the molecule is N#Cc1ccc(NC(=O)Nc2ccc3occc3c2)cc1. The molecular formula is C16H11N3O2. The van der Waals surface area contributed by atoms with Gasteiger partial charge in [0.15, 0.2) is 0 Å². The summed E-state index contributed by atoms with van der Waals surface area (Å²) in [5.41, 5.74) is 2.62. The summed E-state index contributed by atoms with van der Waals surface area (Å²) in [5.74, 6) is 0.